The number of hydrogen-bond acceptors (Lipinski definition) is 4. The van der Waals surface area contributed by atoms with Crippen molar-refractivity contribution < 1.29 is 9.84 Å². The predicted octanol–water partition coefficient (Wildman–Crippen LogP) is 0.413. The number of morpholine rings is 1. The zero-order chi connectivity index (χ0) is 11.9. The van der Waals surface area contributed by atoms with Gasteiger partial charge in [0.2, 0.25) is 0 Å². The van der Waals surface area contributed by atoms with Crippen molar-refractivity contribution in [3.8, 4) is 0 Å². The van der Waals surface area contributed by atoms with E-state index in [4.69, 9.17) is 9.84 Å². The summed E-state index contributed by atoms with van der Waals surface area (Å²) in [5.41, 5.74) is 0. The highest BCUT2D eigenvalue weighted by molar-refractivity contribution is 4.73. The van der Waals surface area contributed by atoms with Crippen LogP contribution in [0.2, 0.25) is 0 Å². The molecule has 2 heterocycles. The van der Waals surface area contributed by atoms with E-state index in [2.05, 4.69) is 9.80 Å². The summed E-state index contributed by atoms with van der Waals surface area (Å²) in [4.78, 5) is 5.08. The minimum atomic E-state index is 0.360. The third kappa shape index (κ3) is 4.54. The van der Waals surface area contributed by atoms with Gasteiger partial charge in [0.25, 0.3) is 0 Å². The van der Waals surface area contributed by atoms with Crippen LogP contribution in [0, 0.1) is 5.92 Å². The van der Waals surface area contributed by atoms with Gasteiger partial charge in [0.1, 0.15) is 0 Å². The molecular weight excluding hydrogens is 216 g/mol. The van der Waals surface area contributed by atoms with Gasteiger partial charge in [-0.05, 0) is 38.3 Å². The maximum atomic E-state index is 8.93. The van der Waals surface area contributed by atoms with E-state index < -0.39 is 0 Å². The molecule has 1 N–H and O–H groups in total. The summed E-state index contributed by atoms with van der Waals surface area (Å²) in [6.45, 7) is 9.18. The summed E-state index contributed by atoms with van der Waals surface area (Å²) in [5, 5.41) is 8.93. The van der Waals surface area contributed by atoms with Gasteiger partial charge >= 0.3 is 0 Å². The minimum Gasteiger partial charge on any atom is -0.396 e. The van der Waals surface area contributed by atoms with Crippen LogP contribution in [-0.2, 0) is 4.74 Å². The highest BCUT2D eigenvalue weighted by Gasteiger charge is 2.19. The van der Waals surface area contributed by atoms with Gasteiger partial charge in [0.15, 0.2) is 0 Å². The first kappa shape index (κ1) is 13.3. The van der Waals surface area contributed by atoms with Gasteiger partial charge in [-0.25, -0.2) is 0 Å². The molecule has 100 valence electrons. The standard InChI is InChI=1S/C13H26N2O2/c16-10-3-13-1-4-14(5-2-13)6-7-15-8-11-17-12-9-15/h13,16H,1-12H2. The molecular formula is C13H26N2O2. The quantitative estimate of drug-likeness (QED) is 0.758. The normalized spacial score (nSPS) is 25.2. The van der Waals surface area contributed by atoms with Crippen molar-refractivity contribution in [1.29, 1.82) is 0 Å². The van der Waals surface area contributed by atoms with Crippen LogP contribution in [0.5, 0.6) is 0 Å². The molecule has 0 aromatic heterocycles. The molecule has 2 fully saturated rings. The zero-order valence-corrected chi connectivity index (χ0v) is 10.8. The van der Waals surface area contributed by atoms with E-state index >= 15 is 0 Å². The molecule has 0 atom stereocenters. The minimum absolute atomic E-state index is 0.360. The first-order chi connectivity index (χ1) is 8.38. The van der Waals surface area contributed by atoms with E-state index in [-0.39, 0.29) is 0 Å². The van der Waals surface area contributed by atoms with E-state index in [1.807, 2.05) is 0 Å². The monoisotopic (exact) mass is 242 g/mol. The summed E-state index contributed by atoms with van der Waals surface area (Å²) in [6, 6.07) is 0. The lowest BCUT2D eigenvalue weighted by Gasteiger charge is -2.34. The molecule has 0 spiro atoms. The van der Waals surface area contributed by atoms with Gasteiger partial charge in [-0.15, -0.1) is 0 Å². The van der Waals surface area contributed by atoms with Crippen molar-refractivity contribution in [3.63, 3.8) is 0 Å². The Morgan fingerprint density at radius 3 is 2.12 bits per heavy atom. The maximum Gasteiger partial charge on any atom is 0.0594 e. The number of ether oxygens (including phenoxy) is 1. The number of aliphatic hydroxyl groups is 1. The van der Waals surface area contributed by atoms with Crippen LogP contribution < -0.4 is 0 Å². The Labute approximate surface area is 105 Å². The van der Waals surface area contributed by atoms with E-state index in [0.29, 0.717) is 6.61 Å². The molecule has 0 aromatic rings. The number of piperidine rings is 1. The maximum absolute atomic E-state index is 8.93. The van der Waals surface area contributed by atoms with Crippen LogP contribution >= 0.6 is 0 Å². The van der Waals surface area contributed by atoms with Gasteiger partial charge < -0.3 is 14.7 Å². The molecule has 2 rings (SSSR count). The molecule has 2 aliphatic rings. The summed E-state index contributed by atoms with van der Waals surface area (Å²) >= 11 is 0. The largest absolute Gasteiger partial charge is 0.396 e. The van der Waals surface area contributed by atoms with E-state index in [1.165, 1.54) is 39.0 Å². The van der Waals surface area contributed by atoms with Crippen molar-refractivity contribution in [2.45, 2.75) is 19.3 Å². The number of hydrogen-bond donors (Lipinski definition) is 1. The smallest absolute Gasteiger partial charge is 0.0594 e. The van der Waals surface area contributed by atoms with Crippen molar-refractivity contribution in [2.75, 3.05) is 59.1 Å². The lowest BCUT2D eigenvalue weighted by Crippen LogP contribution is -2.43. The van der Waals surface area contributed by atoms with Crippen LogP contribution in [0.25, 0.3) is 0 Å². The molecule has 0 saturated carbocycles. The zero-order valence-electron chi connectivity index (χ0n) is 10.8. The Kier molecular flexibility index (Phi) is 5.71. The van der Waals surface area contributed by atoms with Crippen molar-refractivity contribution in [2.24, 2.45) is 5.92 Å². The fourth-order valence-corrected chi connectivity index (χ4v) is 2.79. The van der Waals surface area contributed by atoms with E-state index in [1.54, 1.807) is 0 Å². The average molecular weight is 242 g/mol. The number of nitrogens with zero attached hydrogens (tertiary/aromatic N) is 2. The first-order valence-electron chi connectivity index (χ1n) is 7.02. The molecule has 17 heavy (non-hydrogen) atoms. The van der Waals surface area contributed by atoms with Crippen LogP contribution in [-0.4, -0.2) is 74.0 Å². The summed E-state index contributed by atoms with van der Waals surface area (Å²) in [7, 11) is 0. The van der Waals surface area contributed by atoms with Crippen molar-refractivity contribution in [3.05, 3.63) is 0 Å². The molecule has 2 saturated heterocycles. The second kappa shape index (κ2) is 7.31. The number of aliphatic hydroxyl groups excluding tert-OH is 1. The average Bonchev–Trinajstić information content (AvgIpc) is 2.40. The fourth-order valence-electron chi connectivity index (χ4n) is 2.79. The van der Waals surface area contributed by atoms with Gasteiger partial charge in [-0.2, -0.15) is 0 Å². The molecule has 0 unspecified atom stereocenters. The Morgan fingerprint density at radius 1 is 0.941 bits per heavy atom. The van der Waals surface area contributed by atoms with Crippen LogP contribution in [0.15, 0.2) is 0 Å². The molecule has 0 amide bonds. The van der Waals surface area contributed by atoms with Crippen LogP contribution in [0.1, 0.15) is 19.3 Å². The SMILES string of the molecule is OCCC1CCN(CCN2CCOCC2)CC1. The Bertz CT molecular complexity index is 200. The third-order valence-electron chi connectivity index (χ3n) is 4.08. The van der Waals surface area contributed by atoms with Gasteiger partial charge in [0.05, 0.1) is 13.2 Å². The molecule has 0 bridgehead atoms. The fraction of sp³-hybridized carbons (Fsp3) is 1.00. The number of likely N-dealkylation sites (tertiary alicyclic amines) is 1. The van der Waals surface area contributed by atoms with Gasteiger partial charge in [-0.3, -0.25) is 4.90 Å². The first-order valence-corrected chi connectivity index (χ1v) is 7.02. The predicted molar refractivity (Wildman–Crippen MR) is 68.1 cm³/mol. The van der Waals surface area contributed by atoms with Crippen LogP contribution in [0.4, 0.5) is 0 Å². The summed E-state index contributed by atoms with van der Waals surface area (Å²) in [6.07, 6.45) is 3.53. The van der Waals surface area contributed by atoms with Gasteiger partial charge in [0, 0.05) is 32.8 Å². The summed E-state index contributed by atoms with van der Waals surface area (Å²) in [5.74, 6) is 0.764. The van der Waals surface area contributed by atoms with Crippen molar-refractivity contribution in [1.82, 2.24) is 9.80 Å². The highest BCUT2D eigenvalue weighted by Crippen LogP contribution is 2.19. The van der Waals surface area contributed by atoms with Crippen LogP contribution in [0.3, 0.4) is 0 Å². The summed E-state index contributed by atoms with van der Waals surface area (Å²) < 4.78 is 5.35. The van der Waals surface area contributed by atoms with E-state index in [0.717, 1.165) is 38.6 Å². The number of rotatable bonds is 5. The lowest BCUT2D eigenvalue weighted by molar-refractivity contribution is 0.0311. The third-order valence-corrected chi connectivity index (χ3v) is 4.08. The van der Waals surface area contributed by atoms with E-state index in [9.17, 15) is 0 Å². The highest BCUT2D eigenvalue weighted by atomic mass is 16.5. The lowest BCUT2D eigenvalue weighted by atomic mass is 9.94. The molecule has 0 aliphatic carbocycles. The molecule has 4 heteroatoms. The molecule has 0 radical (unpaired) electrons. The molecule has 2 aliphatic heterocycles. The Morgan fingerprint density at radius 2 is 1.53 bits per heavy atom. The topological polar surface area (TPSA) is 35.9 Å². The second-order valence-electron chi connectivity index (χ2n) is 5.25. The molecule has 0 aromatic carbocycles. The second-order valence-corrected chi connectivity index (χ2v) is 5.25. The van der Waals surface area contributed by atoms with Crippen molar-refractivity contribution >= 4 is 0 Å². The molecule has 4 nitrogen and oxygen atoms in total. The van der Waals surface area contributed by atoms with Gasteiger partial charge in [-0.1, -0.05) is 0 Å². The Balaban J connectivity index is 1.57. The Hall–Kier alpha value is -0.160.